The number of halogens is 1. The number of hydrogen-bond donors (Lipinski definition) is 0. The molecule has 0 bridgehead atoms. The highest BCUT2D eigenvalue weighted by Gasteiger charge is 2.24. The molecule has 170 valence electrons. The van der Waals surface area contributed by atoms with Crippen LogP contribution in [0, 0.1) is 25.2 Å². The van der Waals surface area contributed by atoms with Crippen LogP contribution in [0.4, 0.5) is 0 Å². The van der Waals surface area contributed by atoms with E-state index in [4.69, 9.17) is 16.3 Å². The molecule has 0 unspecified atom stereocenters. The van der Waals surface area contributed by atoms with Crippen LogP contribution >= 0.6 is 11.6 Å². The molecule has 1 aliphatic heterocycles. The number of nitrogens with zero attached hydrogens (tertiary/aromatic N) is 4. The molecule has 1 aromatic carbocycles. The van der Waals surface area contributed by atoms with Crippen molar-refractivity contribution in [2.75, 3.05) is 39.9 Å². The second kappa shape index (κ2) is 10.8. The van der Waals surface area contributed by atoms with Gasteiger partial charge in [0, 0.05) is 56.2 Å². The quantitative estimate of drug-likeness (QED) is 0.464. The first kappa shape index (κ1) is 24.1. The number of methoxy groups -OCH3 is 1. The smallest absolute Gasteiger partial charge is 0.264 e. The lowest BCUT2D eigenvalue weighted by Gasteiger charge is -2.34. The maximum Gasteiger partial charge on any atom is 0.264 e. The van der Waals surface area contributed by atoms with Crippen molar-refractivity contribution in [2.45, 2.75) is 33.4 Å². The number of amides is 1. The Morgan fingerprint density at radius 2 is 1.97 bits per heavy atom. The van der Waals surface area contributed by atoms with Crippen LogP contribution in [-0.4, -0.2) is 60.2 Å². The number of nitriles is 1. The van der Waals surface area contributed by atoms with Crippen LogP contribution in [0.15, 0.2) is 35.9 Å². The average molecular weight is 455 g/mol. The van der Waals surface area contributed by atoms with Crippen molar-refractivity contribution in [3.05, 3.63) is 63.4 Å². The minimum Gasteiger partial charge on any atom is -0.383 e. The van der Waals surface area contributed by atoms with E-state index in [1.165, 1.54) is 0 Å². The van der Waals surface area contributed by atoms with Crippen LogP contribution in [0.1, 0.15) is 35.5 Å². The summed E-state index contributed by atoms with van der Waals surface area (Å²) in [4.78, 5) is 17.1. The SMILES string of the molecule is COC[C@H](C)n1c(C)cc(/C=C(\C#N)C(=O)N2CCN(Cc3cccc(Cl)c3)CC2)c1C. The van der Waals surface area contributed by atoms with Crippen LogP contribution in [0.25, 0.3) is 6.08 Å². The summed E-state index contributed by atoms with van der Waals surface area (Å²) in [6.07, 6.45) is 1.72. The number of rotatable bonds is 7. The molecule has 0 radical (unpaired) electrons. The van der Waals surface area contributed by atoms with Crippen LogP contribution in [0.2, 0.25) is 5.02 Å². The first-order valence-corrected chi connectivity index (χ1v) is 11.3. The van der Waals surface area contributed by atoms with Crippen molar-refractivity contribution in [2.24, 2.45) is 0 Å². The van der Waals surface area contributed by atoms with Gasteiger partial charge in [-0.05, 0) is 56.2 Å². The molecule has 0 spiro atoms. The molecule has 1 fully saturated rings. The molecule has 1 atom stereocenters. The lowest BCUT2D eigenvalue weighted by atomic mass is 10.1. The third-order valence-electron chi connectivity index (χ3n) is 5.98. The van der Waals surface area contributed by atoms with E-state index in [0.717, 1.165) is 47.2 Å². The minimum absolute atomic E-state index is 0.174. The fourth-order valence-electron chi connectivity index (χ4n) is 4.41. The molecule has 7 heteroatoms. The number of piperazine rings is 1. The molecule has 0 saturated carbocycles. The van der Waals surface area contributed by atoms with Crippen molar-refractivity contribution in [3.63, 3.8) is 0 Å². The molecule has 1 amide bonds. The van der Waals surface area contributed by atoms with Crippen molar-refractivity contribution in [1.29, 1.82) is 5.26 Å². The molecule has 32 heavy (non-hydrogen) atoms. The van der Waals surface area contributed by atoms with Gasteiger partial charge in [-0.2, -0.15) is 5.26 Å². The minimum atomic E-state index is -0.204. The van der Waals surface area contributed by atoms with Gasteiger partial charge >= 0.3 is 0 Å². The van der Waals surface area contributed by atoms with E-state index in [1.807, 2.05) is 38.1 Å². The Hall–Kier alpha value is -2.59. The summed E-state index contributed by atoms with van der Waals surface area (Å²) in [6.45, 7) is 10.3. The van der Waals surface area contributed by atoms with E-state index in [0.29, 0.717) is 19.7 Å². The lowest BCUT2D eigenvalue weighted by molar-refractivity contribution is -0.128. The van der Waals surface area contributed by atoms with E-state index >= 15 is 0 Å². The number of benzene rings is 1. The molecule has 0 aliphatic carbocycles. The zero-order chi connectivity index (χ0) is 23.3. The predicted octanol–water partition coefficient (Wildman–Crippen LogP) is 4.22. The number of ether oxygens (including phenoxy) is 1. The number of carbonyl (C=O) groups excluding carboxylic acids is 1. The average Bonchev–Trinajstić information content (AvgIpc) is 3.05. The molecular weight excluding hydrogens is 424 g/mol. The van der Waals surface area contributed by atoms with Gasteiger partial charge in [-0.3, -0.25) is 9.69 Å². The maximum absolute atomic E-state index is 13.1. The first-order valence-electron chi connectivity index (χ1n) is 10.9. The summed E-state index contributed by atoms with van der Waals surface area (Å²) >= 11 is 6.08. The van der Waals surface area contributed by atoms with Crippen LogP contribution in [0.5, 0.6) is 0 Å². The Labute approximate surface area is 195 Å². The van der Waals surface area contributed by atoms with Crippen LogP contribution < -0.4 is 0 Å². The normalized spacial score (nSPS) is 16.1. The van der Waals surface area contributed by atoms with Crippen molar-refractivity contribution >= 4 is 23.6 Å². The molecule has 1 aromatic heterocycles. The van der Waals surface area contributed by atoms with Gasteiger partial charge in [0.15, 0.2) is 0 Å². The summed E-state index contributed by atoms with van der Waals surface area (Å²) in [6, 6.07) is 12.2. The number of aromatic nitrogens is 1. The zero-order valence-corrected chi connectivity index (χ0v) is 20.0. The van der Waals surface area contributed by atoms with Crippen molar-refractivity contribution in [3.8, 4) is 6.07 Å². The highest BCUT2D eigenvalue weighted by molar-refractivity contribution is 6.30. The molecule has 1 aliphatic rings. The predicted molar refractivity (Wildman–Crippen MR) is 127 cm³/mol. The molecule has 2 heterocycles. The Bertz CT molecular complexity index is 1030. The van der Waals surface area contributed by atoms with Gasteiger partial charge in [0.05, 0.1) is 12.6 Å². The second-order valence-corrected chi connectivity index (χ2v) is 8.81. The summed E-state index contributed by atoms with van der Waals surface area (Å²) in [7, 11) is 1.69. The van der Waals surface area contributed by atoms with Gasteiger partial charge in [0.2, 0.25) is 0 Å². The molecule has 0 N–H and O–H groups in total. The van der Waals surface area contributed by atoms with E-state index in [2.05, 4.69) is 28.5 Å². The number of hydrogen-bond acceptors (Lipinski definition) is 4. The van der Waals surface area contributed by atoms with E-state index < -0.39 is 0 Å². The van der Waals surface area contributed by atoms with E-state index in [-0.39, 0.29) is 17.5 Å². The van der Waals surface area contributed by atoms with Crippen molar-refractivity contribution < 1.29 is 9.53 Å². The summed E-state index contributed by atoms with van der Waals surface area (Å²) < 4.78 is 7.47. The van der Waals surface area contributed by atoms with Gasteiger partial charge in [-0.1, -0.05) is 23.7 Å². The Balaban J connectivity index is 1.67. The fourth-order valence-corrected chi connectivity index (χ4v) is 4.63. The van der Waals surface area contributed by atoms with E-state index in [1.54, 1.807) is 18.1 Å². The number of carbonyl (C=O) groups is 1. The number of aryl methyl sites for hydroxylation is 1. The van der Waals surface area contributed by atoms with Crippen LogP contribution in [-0.2, 0) is 16.1 Å². The summed E-state index contributed by atoms with van der Waals surface area (Å²) in [5, 5.41) is 10.4. The second-order valence-electron chi connectivity index (χ2n) is 8.37. The first-order chi connectivity index (χ1) is 15.3. The summed E-state index contributed by atoms with van der Waals surface area (Å²) in [5.41, 5.74) is 4.34. The molecule has 1 saturated heterocycles. The zero-order valence-electron chi connectivity index (χ0n) is 19.3. The van der Waals surface area contributed by atoms with Gasteiger partial charge < -0.3 is 14.2 Å². The Kier molecular flexibility index (Phi) is 8.14. The van der Waals surface area contributed by atoms with Gasteiger partial charge in [-0.15, -0.1) is 0 Å². The summed E-state index contributed by atoms with van der Waals surface area (Å²) in [5.74, 6) is -0.204. The standard InChI is InChI=1S/C25H31ClN4O2/c1-18-12-22(20(3)30(18)19(2)17-32-4)14-23(15-27)25(31)29-10-8-28(9-11-29)16-21-6-5-7-24(26)13-21/h5-7,12-14,19H,8-11,16-17H2,1-4H3/b23-14+/t19-/m0/s1. The lowest BCUT2D eigenvalue weighted by Crippen LogP contribution is -2.48. The molecule has 3 rings (SSSR count). The Morgan fingerprint density at radius 1 is 1.25 bits per heavy atom. The monoisotopic (exact) mass is 454 g/mol. The maximum atomic E-state index is 13.1. The highest BCUT2D eigenvalue weighted by atomic mass is 35.5. The third kappa shape index (κ3) is 5.60. The largest absolute Gasteiger partial charge is 0.383 e. The topological polar surface area (TPSA) is 61.5 Å². The highest BCUT2D eigenvalue weighted by Crippen LogP contribution is 2.23. The third-order valence-corrected chi connectivity index (χ3v) is 6.21. The van der Waals surface area contributed by atoms with Crippen LogP contribution in [0.3, 0.4) is 0 Å². The van der Waals surface area contributed by atoms with Gasteiger partial charge in [0.1, 0.15) is 11.6 Å². The molecule has 2 aromatic rings. The Morgan fingerprint density at radius 3 is 2.59 bits per heavy atom. The van der Waals surface area contributed by atoms with E-state index in [9.17, 15) is 10.1 Å². The fraction of sp³-hybridized carbons (Fsp3) is 0.440. The molecular formula is C25H31ClN4O2. The van der Waals surface area contributed by atoms with Gasteiger partial charge in [0.25, 0.3) is 5.91 Å². The van der Waals surface area contributed by atoms with Crippen molar-refractivity contribution in [1.82, 2.24) is 14.4 Å². The molecule has 6 nitrogen and oxygen atoms in total. The van der Waals surface area contributed by atoms with Gasteiger partial charge in [-0.25, -0.2) is 0 Å².